The van der Waals surface area contributed by atoms with Crippen LogP contribution in [0, 0.1) is 0 Å². The van der Waals surface area contributed by atoms with Crippen LogP contribution in [0.15, 0.2) is 47.4 Å². The van der Waals surface area contributed by atoms with Gasteiger partial charge >= 0.3 is 0 Å². The number of anilines is 1. The van der Waals surface area contributed by atoms with Crippen LogP contribution in [0.25, 0.3) is 21.3 Å². The summed E-state index contributed by atoms with van der Waals surface area (Å²) in [5, 5.41) is 11.6. The van der Waals surface area contributed by atoms with E-state index < -0.39 is 10.0 Å². The van der Waals surface area contributed by atoms with Gasteiger partial charge in [-0.1, -0.05) is 35.1 Å². The average Bonchev–Trinajstić information content (AvgIpc) is 3.41. The molecule has 166 valence electrons. The number of sulfonamides is 1. The molecular weight excluding hydrogens is 448 g/mol. The van der Waals surface area contributed by atoms with E-state index in [9.17, 15) is 13.2 Å². The van der Waals surface area contributed by atoms with Crippen LogP contribution in [-0.2, 0) is 21.4 Å². The first-order chi connectivity index (χ1) is 15.5. The largest absolute Gasteiger partial charge is 0.302 e. The summed E-state index contributed by atoms with van der Waals surface area (Å²) in [6, 6.07) is 12.6. The summed E-state index contributed by atoms with van der Waals surface area (Å²) in [5.41, 5.74) is 2.04. The van der Waals surface area contributed by atoms with Crippen molar-refractivity contribution < 1.29 is 13.2 Å². The van der Waals surface area contributed by atoms with Crippen molar-refractivity contribution in [3.8, 4) is 0 Å². The number of aromatic nitrogens is 4. The molecule has 1 aliphatic rings. The predicted molar refractivity (Wildman–Crippen MR) is 123 cm³/mol. The van der Waals surface area contributed by atoms with E-state index in [1.54, 1.807) is 22.9 Å². The summed E-state index contributed by atoms with van der Waals surface area (Å²) in [6.07, 6.45) is 3.03. The van der Waals surface area contributed by atoms with Crippen LogP contribution in [0.4, 0.5) is 5.13 Å². The molecule has 11 heteroatoms. The van der Waals surface area contributed by atoms with Crippen LogP contribution in [0.2, 0.25) is 0 Å². The molecule has 1 aliphatic heterocycles. The third-order valence-electron chi connectivity index (χ3n) is 5.53. The van der Waals surface area contributed by atoms with Crippen LogP contribution < -0.4 is 5.32 Å². The third-order valence-corrected chi connectivity index (χ3v) is 8.38. The molecule has 32 heavy (non-hydrogen) atoms. The number of piperidine rings is 1. The fourth-order valence-electron chi connectivity index (χ4n) is 3.85. The van der Waals surface area contributed by atoms with Crippen LogP contribution in [-0.4, -0.2) is 51.7 Å². The van der Waals surface area contributed by atoms with E-state index in [0.717, 1.165) is 29.5 Å². The lowest BCUT2D eigenvalue weighted by atomic mass is 10.2. The number of thiazole rings is 1. The van der Waals surface area contributed by atoms with Crippen molar-refractivity contribution in [3.63, 3.8) is 0 Å². The molecule has 4 aromatic rings. The smallest absolute Gasteiger partial charge is 0.243 e. The number of para-hydroxylation sites is 1. The van der Waals surface area contributed by atoms with Gasteiger partial charge in [0.15, 0.2) is 5.13 Å². The SMILES string of the molecule is O=C(CCn1nnc2cc(S(=O)(=O)N3CCCCC3)ccc21)Nc1nc2ccccc2s1. The summed E-state index contributed by atoms with van der Waals surface area (Å²) in [5.74, 6) is -0.169. The normalized spacial score (nSPS) is 15.4. The van der Waals surface area contributed by atoms with Gasteiger partial charge in [-0.25, -0.2) is 18.1 Å². The van der Waals surface area contributed by atoms with E-state index in [1.807, 2.05) is 24.3 Å². The Bertz CT molecular complexity index is 1360. The minimum absolute atomic E-state index is 0.169. The molecule has 0 radical (unpaired) electrons. The molecule has 2 aromatic heterocycles. The Balaban J connectivity index is 1.27. The van der Waals surface area contributed by atoms with Crippen molar-refractivity contribution >= 4 is 53.6 Å². The van der Waals surface area contributed by atoms with Crippen molar-refractivity contribution in [1.82, 2.24) is 24.3 Å². The summed E-state index contributed by atoms with van der Waals surface area (Å²) < 4.78 is 30.0. The van der Waals surface area contributed by atoms with Gasteiger partial charge in [0.05, 0.1) is 27.2 Å². The number of nitrogens with one attached hydrogen (secondary N) is 1. The van der Waals surface area contributed by atoms with Gasteiger partial charge in [-0.15, -0.1) is 5.10 Å². The van der Waals surface area contributed by atoms with Crippen molar-refractivity contribution in [1.29, 1.82) is 0 Å². The molecule has 0 aliphatic carbocycles. The second kappa shape index (κ2) is 8.57. The Morgan fingerprint density at radius 3 is 2.69 bits per heavy atom. The molecular formula is C21H22N6O3S2. The first-order valence-corrected chi connectivity index (χ1v) is 12.8. The summed E-state index contributed by atoms with van der Waals surface area (Å²) in [7, 11) is -3.53. The third kappa shape index (κ3) is 4.10. The highest BCUT2D eigenvalue weighted by atomic mass is 32.2. The highest BCUT2D eigenvalue weighted by molar-refractivity contribution is 7.89. The maximum Gasteiger partial charge on any atom is 0.243 e. The Kier molecular flexibility index (Phi) is 5.62. The quantitative estimate of drug-likeness (QED) is 0.463. The van der Waals surface area contributed by atoms with Crippen LogP contribution in [0.3, 0.4) is 0 Å². The van der Waals surface area contributed by atoms with E-state index in [1.165, 1.54) is 15.6 Å². The number of hydrogen-bond acceptors (Lipinski definition) is 7. The molecule has 2 aromatic carbocycles. The van der Waals surface area contributed by atoms with Crippen LogP contribution in [0.5, 0.6) is 0 Å². The molecule has 1 amide bonds. The average molecular weight is 471 g/mol. The van der Waals surface area contributed by atoms with E-state index in [4.69, 9.17) is 0 Å². The zero-order valence-electron chi connectivity index (χ0n) is 17.3. The molecule has 0 spiro atoms. The van der Waals surface area contributed by atoms with Crippen LogP contribution in [0.1, 0.15) is 25.7 Å². The Morgan fingerprint density at radius 2 is 1.88 bits per heavy atom. The highest BCUT2D eigenvalue weighted by Crippen LogP contribution is 2.26. The number of amides is 1. The van der Waals surface area contributed by atoms with Gasteiger partial charge in [-0.3, -0.25) is 4.79 Å². The minimum atomic E-state index is -3.53. The molecule has 0 bridgehead atoms. The lowest BCUT2D eigenvalue weighted by molar-refractivity contribution is -0.116. The maximum atomic E-state index is 12.9. The highest BCUT2D eigenvalue weighted by Gasteiger charge is 2.26. The van der Waals surface area contributed by atoms with Gasteiger partial charge in [0.1, 0.15) is 5.52 Å². The fourth-order valence-corrected chi connectivity index (χ4v) is 6.27. The lowest BCUT2D eigenvalue weighted by Gasteiger charge is -2.25. The molecule has 3 heterocycles. The summed E-state index contributed by atoms with van der Waals surface area (Å²) in [4.78, 5) is 17.0. The standard InChI is InChI=1S/C21H22N6O3S2/c28-20(23-21-22-16-6-2-3-7-19(16)31-21)10-13-27-18-9-8-15(14-17(18)24-25-27)32(29,30)26-11-4-1-5-12-26/h2-3,6-9,14H,1,4-5,10-13H2,(H,22,23,28). The number of rotatable bonds is 6. The van der Waals surface area contributed by atoms with E-state index in [2.05, 4.69) is 20.6 Å². The van der Waals surface area contributed by atoms with Crippen molar-refractivity contribution in [2.75, 3.05) is 18.4 Å². The van der Waals surface area contributed by atoms with Crippen molar-refractivity contribution in [3.05, 3.63) is 42.5 Å². The van der Waals surface area contributed by atoms with Crippen LogP contribution >= 0.6 is 11.3 Å². The van der Waals surface area contributed by atoms with Gasteiger partial charge in [-0.05, 0) is 43.2 Å². The van der Waals surface area contributed by atoms with E-state index in [0.29, 0.717) is 35.8 Å². The van der Waals surface area contributed by atoms with E-state index >= 15 is 0 Å². The van der Waals surface area contributed by atoms with E-state index in [-0.39, 0.29) is 17.2 Å². The summed E-state index contributed by atoms with van der Waals surface area (Å²) >= 11 is 1.43. The zero-order chi connectivity index (χ0) is 22.1. The van der Waals surface area contributed by atoms with Gasteiger partial charge in [0, 0.05) is 19.5 Å². The first-order valence-electron chi connectivity index (χ1n) is 10.5. The number of hydrogen-bond donors (Lipinski definition) is 1. The van der Waals surface area contributed by atoms with Crippen molar-refractivity contribution in [2.24, 2.45) is 0 Å². The number of aryl methyl sites for hydroxylation is 1. The molecule has 0 saturated carbocycles. The predicted octanol–water partition coefficient (Wildman–Crippen LogP) is 3.24. The second-order valence-corrected chi connectivity index (χ2v) is 10.7. The molecule has 1 fully saturated rings. The number of nitrogens with zero attached hydrogens (tertiary/aromatic N) is 5. The molecule has 5 rings (SSSR count). The lowest BCUT2D eigenvalue weighted by Crippen LogP contribution is -2.35. The van der Waals surface area contributed by atoms with Gasteiger partial charge in [0.2, 0.25) is 15.9 Å². The monoisotopic (exact) mass is 470 g/mol. The molecule has 0 atom stereocenters. The number of carbonyl (C=O) groups excluding carboxylic acids is 1. The molecule has 0 unspecified atom stereocenters. The van der Waals surface area contributed by atoms with Gasteiger partial charge in [-0.2, -0.15) is 4.31 Å². The Labute approximate surface area is 189 Å². The molecule has 1 N–H and O–H groups in total. The summed E-state index contributed by atoms with van der Waals surface area (Å²) in [6.45, 7) is 1.43. The van der Waals surface area contributed by atoms with Gasteiger partial charge < -0.3 is 5.32 Å². The topological polar surface area (TPSA) is 110 Å². The van der Waals surface area contributed by atoms with Crippen molar-refractivity contribution in [2.45, 2.75) is 37.1 Å². The molecule has 1 saturated heterocycles. The Hall–Kier alpha value is -2.89. The minimum Gasteiger partial charge on any atom is -0.302 e. The molecule has 9 nitrogen and oxygen atoms in total. The fraction of sp³-hybridized carbons (Fsp3) is 0.333. The van der Waals surface area contributed by atoms with Gasteiger partial charge in [0.25, 0.3) is 0 Å². The second-order valence-electron chi connectivity index (χ2n) is 7.71. The number of fused-ring (bicyclic) bond motifs is 2. The first kappa shape index (κ1) is 21.0. The zero-order valence-corrected chi connectivity index (χ0v) is 18.9. The number of carbonyl (C=O) groups is 1. The number of benzene rings is 2. The Morgan fingerprint density at radius 1 is 1.06 bits per heavy atom. The maximum absolute atomic E-state index is 12.9.